The first-order valence-corrected chi connectivity index (χ1v) is 18.1. The highest BCUT2D eigenvalue weighted by molar-refractivity contribution is 6.16. The fraction of sp³-hybridized carbons (Fsp3) is 0. The second-order valence-electron chi connectivity index (χ2n) is 13.6. The van der Waals surface area contributed by atoms with Gasteiger partial charge in [0.05, 0.1) is 11.0 Å². The summed E-state index contributed by atoms with van der Waals surface area (Å²) in [5.41, 5.74) is 13.0. The van der Waals surface area contributed by atoms with Gasteiger partial charge >= 0.3 is 0 Å². The lowest BCUT2D eigenvalue weighted by Crippen LogP contribution is -2.10. The van der Waals surface area contributed by atoms with Crippen LogP contribution in [0.4, 0.5) is 17.1 Å². The number of oxazole rings is 1. The monoisotopic (exact) mass is 693 g/mol. The van der Waals surface area contributed by atoms with Crippen LogP contribution in [0.3, 0.4) is 0 Å². The first kappa shape index (κ1) is 30.3. The molecule has 254 valence electrons. The Morgan fingerprint density at radius 3 is 1.98 bits per heavy atom. The number of hydrogen-bond acceptors (Lipinski definition) is 4. The third kappa shape index (κ3) is 4.83. The smallest absolute Gasteiger partial charge is 0.228 e. The standard InChI is InChI=1S/C49H31N3O2/c1-3-13-32(14-4-1)33-15-11-18-35(29-33)51(36-26-28-46-41(30-36)38-19-7-9-23-45(38)53-46)37-25-27-39-44(31-37)52(34-16-5-2-6-17-34)43-22-12-20-40(48(39)43)49-50-42-21-8-10-24-47(42)54-49/h1-31H. The Balaban J connectivity index is 1.18. The quantitative estimate of drug-likeness (QED) is 0.174. The van der Waals surface area contributed by atoms with Gasteiger partial charge < -0.3 is 18.3 Å². The maximum atomic E-state index is 6.37. The molecule has 0 fully saturated rings. The van der Waals surface area contributed by atoms with Gasteiger partial charge in [0.25, 0.3) is 0 Å². The van der Waals surface area contributed by atoms with Crippen molar-refractivity contribution < 1.29 is 8.83 Å². The molecule has 0 saturated heterocycles. The number of hydrogen-bond donors (Lipinski definition) is 0. The van der Waals surface area contributed by atoms with E-state index >= 15 is 0 Å². The fourth-order valence-electron chi connectivity index (χ4n) is 7.97. The van der Waals surface area contributed by atoms with Gasteiger partial charge in [0.15, 0.2) is 5.58 Å². The van der Waals surface area contributed by atoms with Gasteiger partial charge in [-0.3, -0.25) is 0 Å². The normalized spacial score (nSPS) is 11.7. The molecule has 11 rings (SSSR count). The summed E-state index contributed by atoms with van der Waals surface area (Å²) in [7, 11) is 0. The summed E-state index contributed by atoms with van der Waals surface area (Å²) >= 11 is 0. The minimum atomic E-state index is 0.609. The van der Waals surface area contributed by atoms with Crippen molar-refractivity contribution in [1.29, 1.82) is 0 Å². The van der Waals surface area contributed by atoms with Crippen molar-refractivity contribution in [1.82, 2.24) is 9.55 Å². The lowest BCUT2D eigenvalue weighted by Gasteiger charge is -2.26. The van der Waals surface area contributed by atoms with Crippen LogP contribution < -0.4 is 4.90 Å². The highest BCUT2D eigenvalue weighted by Crippen LogP contribution is 2.44. The van der Waals surface area contributed by atoms with Gasteiger partial charge in [-0.15, -0.1) is 0 Å². The van der Waals surface area contributed by atoms with Gasteiger partial charge in [0.2, 0.25) is 5.89 Å². The molecule has 0 aliphatic carbocycles. The summed E-state index contributed by atoms with van der Waals surface area (Å²) in [6, 6.07) is 65.7. The van der Waals surface area contributed by atoms with Gasteiger partial charge in [-0.25, -0.2) is 4.98 Å². The second-order valence-corrected chi connectivity index (χ2v) is 13.6. The molecule has 0 unspecified atom stereocenters. The topological polar surface area (TPSA) is 47.3 Å². The average Bonchev–Trinajstić information content (AvgIpc) is 3.93. The number of nitrogens with zero attached hydrogens (tertiary/aromatic N) is 3. The molecule has 0 aliphatic rings. The SMILES string of the molecule is c1ccc(-c2cccc(N(c3ccc4oc5ccccc5c4c3)c3ccc4c5c(-c6nc7ccccc7o6)cccc5n(-c5ccccc5)c4c3)c2)cc1. The van der Waals surface area contributed by atoms with E-state index < -0.39 is 0 Å². The van der Waals surface area contributed by atoms with E-state index in [1.807, 2.05) is 36.4 Å². The van der Waals surface area contributed by atoms with Crippen molar-refractivity contribution in [2.24, 2.45) is 0 Å². The highest BCUT2D eigenvalue weighted by Gasteiger charge is 2.22. The molecule has 5 nitrogen and oxygen atoms in total. The minimum Gasteiger partial charge on any atom is -0.456 e. The van der Waals surface area contributed by atoms with E-state index in [0.717, 1.165) is 88.7 Å². The first-order valence-electron chi connectivity index (χ1n) is 18.1. The zero-order valence-corrected chi connectivity index (χ0v) is 29.1. The predicted molar refractivity (Wildman–Crippen MR) is 221 cm³/mol. The molecule has 0 radical (unpaired) electrons. The molecule has 3 aromatic heterocycles. The van der Waals surface area contributed by atoms with Gasteiger partial charge in [-0.2, -0.15) is 0 Å². The number of anilines is 3. The summed E-state index contributed by atoms with van der Waals surface area (Å²) in [6.07, 6.45) is 0. The molecule has 0 spiro atoms. The number of benzene rings is 8. The Morgan fingerprint density at radius 1 is 0.426 bits per heavy atom. The van der Waals surface area contributed by atoms with Crippen LogP contribution in [0.25, 0.3) is 83.1 Å². The van der Waals surface area contributed by atoms with E-state index in [1.54, 1.807) is 0 Å². The Bertz CT molecular complexity index is 3140. The van der Waals surface area contributed by atoms with Gasteiger partial charge in [0.1, 0.15) is 16.7 Å². The maximum absolute atomic E-state index is 6.37. The minimum absolute atomic E-state index is 0.609. The Morgan fingerprint density at radius 2 is 1.11 bits per heavy atom. The number of rotatable bonds is 6. The van der Waals surface area contributed by atoms with Gasteiger partial charge in [-0.05, 0) is 96.1 Å². The molecule has 5 heteroatoms. The van der Waals surface area contributed by atoms with Crippen LogP contribution in [0.2, 0.25) is 0 Å². The molecular formula is C49H31N3O2. The lowest BCUT2D eigenvalue weighted by atomic mass is 10.0. The van der Waals surface area contributed by atoms with Crippen molar-refractivity contribution in [2.75, 3.05) is 4.90 Å². The number of furan rings is 1. The number of aromatic nitrogens is 2. The first-order chi connectivity index (χ1) is 26.8. The largest absolute Gasteiger partial charge is 0.456 e. The highest BCUT2D eigenvalue weighted by atomic mass is 16.3. The molecule has 54 heavy (non-hydrogen) atoms. The number of para-hydroxylation sites is 4. The molecule has 11 aromatic rings. The predicted octanol–water partition coefficient (Wildman–Crippen LogP) is 13.6. The Hall–Kier alpha value is -7.37. The third-order valence-corrected chi connectivity index (χ3v) is 10.4. The van der Waals surface area contributed by atoms with Crippen LogP contribution in [-0.2, 0) is 0 Å². The molecular weight excluding hydrogens is 663 g/mol. The van der Waals surface area contributed by atoms with Crippen LogP contribution in [0.5, 0.6) is 0 Å². The van der Waals surface area contributed by atoms with E-state index in [1.165, 1.54) is 5.56 Å². The van der Waals surface area contributed by atoms with Crippen LogP contribution in [-0.4, -0.2) is 9.55 Å². The molecule has 0 aliphatic heterocycles. The van der Waals surface area contributed by atoms with Crippen LogP contribution >= 0.6 is 0 Å². The maximum Gasteiger partial charge on any atom is 0.228 e. The molecule has 0 bridgehead atoms. The Kier molecular flexibility index (Phi) is 6.79. The lowest BCUT2D eigenvalue weighted by molar-refractivity contribution is 0.620. The molecule has 0 saturated carbocycles. The van der Waals surface area contributed by atoms with E-state index in [9.17, 15) is 0 Å². The van der Waals surface area contributed by atoms with Gasteiger partial charge in [-0.1, -0.05) is 103 Å². The zero-order chi connectivity index (χ0) is 35.6. The van der Waals surface area contributed by atoms with E-state index in [0.29, 0.717) is 5.89 Å². The van der Waals surface area contributed by atoms with Crippen molar-refractivity contribution >= 4 is 71.9 Å². The number of fused-ring (bicyclic) bond motifs is 7. The Labute approximate surface area is 310 Å². The average molecular weight is 694 g/mol. The summed E-state index contributed by atoms with van der Waals surface area (Å²) < 4.78 is 15.0. The van der Waals surface area contributed by atoms with Crippen molar-refractivity contribution in [3.8, 4) is 28.3 Å². The molecule has 0 atom stereocenters. The molecule has 0 amide bonds. The fourth-order valence-corrected chi connectivity index (χ4v) is 7.97. The summed E-state index contributed by atoms with van der Waals surface area (Å²) in [6.45, 7) is 0. The summed E-state index contributed by atoms with van der Waals surface area (Å²) in [5.74, 6) is 0.609. The van der Waals surface area contributed by atoms with Gasteiger partial charge in [0, 0.05) is 49.9 Å². The van der Waals surface area contributed by atoms with Crippen molar-refractivity contribution in [2.45, 2.75) is 0 Å². The van der Waals surface area contributed by atoms with Crippen LogP contribution in [0.1, 0.15) is 0 Å². The van der Waals surface area contributed by atoms with Crippen molar-refractivity contribution in [3.63, 3.8) is 0 Å². The molecule has 8 aromatic carbocycles. The molecule has 0 N–H and O–H groups in total. The van der Waals surface area contributed by atoms with E-state index in [4.69, 9.17) is 13.8 Å². The summed E-state index contributed by atoms with van der Waals surface area (Å²) in [5, 5.41) is 4.39. The third-order valence-electron chi connectivity index (χ3n) is 10.4. The van der Waals surface area contributed by atoms with Crippen LogP contribution in [0.15, 0.2) is 197 Å². The van der Waals surface area contributed by atoms with E-state index in [2.05, 4.69) is 161 Å². The van der Waals surface area contributed by atoms with Crippen molar-refractivity contribution in [3.05, 3.63) is 188 Å². The molecule has 3 heterocycles. The summed E-state index contributed by atoms with van der Waals surface area (Å²) in [4.78, 5) is 7.28. The zero-order valence-electron chi connectivity index (χ0n) is 29.1. The second kappa shape index (κ2) is 12.1. The van der Waals surface area contributed by atoms with Crippen LogP contribution in [0, 0.1) is 0 Å². The van der Waals surface area contributed by atoms with E-state index in [-0.39, 0.29) is 0 Å².